The fraction of sp³-hybridized carbons (Fsp3) is 0.275. The van der Waals surface area contributed by atoms with Crippen LogP contribution in [0, 0.1) is 0 Å². The van der Waals surface area contributed by atoms with E-state index in [-0.39, 0.29) is 19.0 Å². The summed E-state index contributed by atoms with van der Waals surface area (Å²) >= 11 is 0. The lowest BCUT2D eigenvalue weighted by molar-refractivity contribution is -0.0937. The van der Waals surface area contributed by atoms with E-state index in [1.807, 2.05) is 91.0 Å². The van der Waals surface area contributed by atoms with E-state index < -0.39 is 18.3 Å². The van der Waals surface area contributed by atoms with Crippen LogP contribution in [-0.4, -0.2) is 54.6 Å². The maximum absolute atomic E-state index is 12.2. The Bertz CT molecular complexity index is 1490. The van der Waals surface area contributed by atoms with E-state index >= 15 is 0 Å². The molecule has 0 spiro atoms. The maximum Gasteiger partial charge on any atom is 0.407 e. The molecule has 0 radical (unpaired) electrons. The zero-order valence-electron chi connectivity index (χ0n) is 26.7. The Balaban J connectivity index is 1.27. The van der Waals surface area contributed by atoms with Gasteiger partial charge in [-0.25, -0.2) is 4.79 Å². The molecule has 1 aliphatic heterocycles. The third-order valence-electron chi connectivity index (χ3n) is 8.31. The van der Waals surface area contributed by atoms with Crippen molar-refractivity contribution in [1.29, 1.82) is 0 Å². The molecule has 1 N–H and O–H groups in total. The Morgan fingerprint density at radius 2 is 1.23 bits per heavy atom. The second-order valence-electron chi connectivity index (χ2n) is 11.6. The predicted molar refractivity (Wildman–Crippen MR) is 185 cm³/mol. The van der Waals surface area contributed by atoms with E-state index in [1.165, 1.54) is 4.90 Å². The third-order valence-corrected chi connectivity index (χ3v) is 8.31. The van der Waals surface area contributed by atoms with Crippen molar-refractivity contribution in [2.75, 3.05) is 26.3 Å². The fourth-order valence-corrected chi connectivity index (χ4v) is 5.68. The van der Waals surface area contributed by atoms with Gasteiger partial charge in [0.2, 0.25) is 0 Å². The van der Waals surface area contributed by atoms with Gasteiger partial charge in [0.15, 0.2) is 0 Å². The van der Waals surface area contributed by atoms with E-state index in [9.17, 15) is 9.90 Å². The van der Waals surface area contributed by atoms with Crippen molar-refractivity contribution in [2.45, 2.75) is 44.4 Å². The fourth-order valence-electron chi connectivity index (χ4n) is 5.68. The van der Waals surface area contributed by atoms with Gasteiger partial charge in [0, 0.05) is 12.3 Å². The van der Waals surface area contributed by atoms with Crippen LogP contribution in [0.4, 0.5) is 4.79 Å². The number of hydrogen-bond acceptors (Lipinski definition) is 5. The molecule has 1 saturated heterocycles. The molecule has 5 rings (SSSR count). The molecular formula is C40H43NO6. The average molecular weight is 634 g/mol. The van der Waals surface area contributed by atoms with Gasteiger partial charge < -0.3 is 29.0 Å². The van der Waals surface area contributed by atoms with Gasteiger partial charge in [0.25, 0.3) is 0 Å². The molecule has 0 aromatic heterocycles. The number of likely N-dealkylation sites (tertiary alicyclic amines) is 1. The molecule has 1 amide bonds. The first-order valence-corrected chi connectivity index (χ1v) is 16.0. The number of hydrogen-bond donors (Lipinski definition) is 1. The molecule has 1 unspecified atom stereocenters. The number of ether oxygens (including phenoxy) is 4. The number of carbonyl (C=O) groups is 1. The number of piperidine rings is 1. The Kier molecular flexibility index (Phi) is 12.4. The van der Waals surface area contributed by atoms with Crippen molar-refractivity contribution in [3.05, 3.63) is 150 Å². The molecule has 0 saturated carbocycles. The van der Waals surface area contributed by atoms with Crippen molar-refractivity contribution >= 4 is 18.2 Å². The molecule has 7 heteroatoms. The van der Waals surface area contributed by atoms with Gasteiger partial charge in [-0.05, 0) is 45.5 Å². The topological polar surface area (TPSA) is 77.5 Å². The molecular weight excluding hydrogens is 590 g/mol. The highest BCUT2D eigenvalue weighted by atomic mass is 16.5. The highest BCUT2D eigenvalue weighted by Crippen LogP contribution is 2.35. The largest absolute Gasteiger partial charge is 0.494 e. The van der Waals surface area contributed by atoms with Crippen molar-refractivity contribution in [1.82, 2.24) is 4.90 Å². The van der Waals surface area contributed by atoms with Crippen LogP contribution >= 0.6 is 0 Å². The highest BCUT2D eigenvalue weighted by molar-refractivity contribution is 5.65. The summed E-state index contributed by atoms with van der Waals surface area (Å²) in [5, 5.41) is 10.0. The first-order valence-electron chi connectivity index (χ1n) is 16.0. The summed E-state index contributed by atoms with van der Waals surface area (Å²) in [6, 6.07) is 34.1. The minimum Gasteiger partial charge on any atom is -0.494 e. The van der Waals surface area contributed by atoms with Gasteiger partial charge in [-0.3, -0.25) is 0 Å². The van der Waals surface area contributed by atoms with E-state index in [0.29, 0.717) is 33.0 Å². The van der Waals surface area contributed by atoms with Crippen molar-refractivity contribution in [3.63, 3.8) is 0 Å². The smallest absolute Gasteiger partial charge is 0.407 e. The third kappa shape index (κ3) is 9.90. The van der Waals surface area contributed by atoms with Crippen LogP contribution in [0.25, 0.3) is 12.2 Å². The van der Waals surface area contributed by atoms with E-state index in [0.717, 1.165) is 45.6 Å². The standard InChI is InChI=1S/C40H43NO6/c1-3-30-11-15-33(16-12-30)28-46-37-25-41(40(42)43)26-38(47-29-34-17-13-31(4-2)14-18-34)39(37)35-19-21-36(22-20-35)45-24-8-23-44-27-32-9-6-5-7-10-32/h3-7,9-22,37-39H,1-2,8,23-29H2,(H,42,43)/t37-,38+,39?. The summed E-state index contributed by atoms with van der Waals surface area (Å²) < 4.78 is 24.8. The summed E-state index contributed by atoms with van der Waals surface area (Å²) in [6.45, 7) is 10.5. The number of rotatable bonds is 16. The zero-order chi connectivity index (χ0) is 32.8. The highest BCUT2D eigenvalue weighted by Gasteiger charge is 2.41. The lowest BCUT2D eigenvalue weighted by atomic mass is 9.84. The van der Waals surface area contributed by atoms with E-state index in [2.05, 4.69) is 25.3 Å². The van der Waals surface area contributed by atoms with Crippen LogP contribution in [0.1, 0.15) is 45.7 Å². The zero-order valence-corrected chi connectivity index (χ0v) is 26.7. The maximum atomic E-state index is 12.2. The number of benzene rings is 4. The van der Waals surface area contributed by atoms with Crippen LogP contribution < -0.4 is 4.74 Å². The van der Waals surface area contributed by atoms with Gasteiger partial charge >= 0.3 is 6.09 Å². The van der Waals surface area contributed by atoms with Crippen LogP contribution in [0.5, 0.6) is 5.75 Å². The van der Waals surface area contributed by atoms with Crippen molar-refractivity contribution in [2.24, 2.45) is 0 Å². The normalized spacial score (nSPS) is 17.6. The number of nitrogens with zero attached hydrogens (tertiary/aromatic N) is 1. The molecule has 1 heterocycles. The molecule has 1 aliphatic rings. The van der Waals surface area contributed by atoms with Crippen LogP contribution in [-0.2, 0) is 34.0 Å². The van der Waals surface area contributed by atoms with E-state index in [1.54, 1.807) is 12.2 Å². The Morgan fingerprint density at radius 3 is 1.74 bits per heavy atom. The number of amides is 1. The van der Waals surface area contributed by atoms with Gasteiger partial charge in [-0.15, -0.1) is 0 Å². The summed E-state index contributed by atoms with van der Waals surface area (Å²) in [6.07, 6.45) is 2.52. The van der Waals surface area contributed by atoms with Crippen molar-refractivity contribution in [3.8, 4) is 5.75 Å². The second kappa shape index (κ2) is 17.3. The van der Waals surface area contributed by atoms with Gasteiger partial charge in [0.1, 0.15) is 5.75 Å². The number of carboxylic acid groups (broad SMARTS) is 1. The van der Waals surface area contributed by atoms with Crippen LogP contribution in [0.15, 0.2) is 116 Å². The van der Waals surface area contributed by atoms with Crippen LogP contribution in [0.3, 0.4) is 0 Å². The molecule has 244 valence electrons. The lowest BCUT2D eigenvalue weighted by Crippen LogP contribution is -2.54. The second-order valence-corrected chi connectivity index (χ2v) is 11.6. The Hall–Kier alpha value is -4.69. The molecule has 4 aromatic carbocycles. The summed E-state index contributed by atoms with van der Waals surface area (Å²) in [5.74, 6) is 0.560. The lowest BCUT2D eigenvalue weighted by Gasteiger charge is -2.42. The van der Waals surface area contributed by atoms with Gasteiger partial charge in [-0.1, -0.05) is 116 Å². The quantitative estimate of drug-likeness (QED) is 0.125. The first kappa shape index (κ1) is 33.7. The minimum atomic E-state index is -0.993. The van der Waals surface area contributed by atoms with Gasteiger partial charge in [-0.2, -0.15) is 0 Å². The Labute approximate surface area is 277 Å². The average Bonchev–Trinajstić information content (AvgIpc) is 3.12. The predicted octanol–water partition coefficient (Wildman–Crippen LogP) is 8.21. The van der Waals surface area contributed by atoms with Crippen LogP contribution in [0.2, 0.25) is 0 Å². The van der Waals surface area contributed by atoms with Gasteiger partial charge in [0.05, 0.1) is 58.3 Å². The summed E-state index contributed by atoms with van der Waals surface area (Å²) in [7, 11) is 0. The first-order chi connectivity index (χ1) is 23.0. The molecule has 7 nitrogen and oxygen atoms in total. The summed E-state index contributed by atoms with van der Waals surface area (Å²) in [4.78, 5) is 13.6. The molecule has 0 bridgehead atoms. The summed E-state index contributed by atoms with van der Waals surface area (Å²) in [5.41, 5.74) is 6.21. The molecule has 4 aromatic rings. The monoisotopic (exact) mass is 633 g/mol. The molecule has 1 fully saturated rings. The molecule has 3 atom stereocenters. The SMILES string of the molecule is C=Cc1ccc(CO[C@H]2CN(C(=O)O)C[C@@H](OCc3ccc(C=C)cc3)C2c2ccc(OCCCOCc3ccccc3)cc2)cc1. The van der Waals surface area contributed by atoms with Crippen molar-refractivity contribution < 1.29 is 28.8 Å². The van der Waals surface area contributed by atoms with E-state index in [4.69, 9.17) is 18.9 Å². The Morgan fingerprint density at radius 1 is 0.702 bits per heavy atom. The molecule has 47 heavy (non-hydrogen) atoms. The minimum absolute atomic E-state index is 0.203. The molecule has 0 aliphatic carbocycles.